The first kappa shape index (κ1) is 17.0. The number of nitrogens with zero attached hydrogens (tertiary/aromatic N) is 1. The minimum Gasteiger partial charge on any atom is -0.492 e. The summed E-state index contributed by atoms with van der Waals surface area (Å²) in [5.74, 6) is 0.692. The van der Waals surface area contributed by atoms with E-state index in [4.69, 9.17) is 14.2 Å². The summed E-state index contributed by atoms with van der Waals surface area (Å²) in [5.41, 5.74) is 1.01. The van der Waals surface area contributed by atoms with Crippen molar-refractivity contribution in [1.29, 1.82) is 0 Å². The third-order valence-electron chi connectivity index (χ3n) is 4.31. The number of methoxy groups -OCH3 is 1. The predicted octanol–water partition coefficient (Wildman–Crippen LogP) is 0.586. The molecule has 0 radical (unpaired) electrons. The van der Waals surface area contributed by atoms with Gasteiger partial charge in [-0.25, -0.2) is 0 Å². The minimum atomic E-state index is -0.233. The van der Waals surface area contributed by atoms with Gasteiger partial charge >= 0.3 is 0 Å². The lowest BCUT2D eigenvalue weighted by atomic mass is 10.1. The third-order valence-corrected chi connectivity index (χ3v) is 4.31. The van der Waals surface area contributed by atoms with Crippen molar-refractivity contribution in [2.24, 2.45) is 5.92 Å². The molecule has 0 unspecified atom stereocenters. The summed E-state index contributed by atoms with van der Waals surface area (Å²) >= 11 is 0. The molecule has 1 aliphatic heterocycles. The molecule has 7 nitrogen and oxygen atoms in total. The lowest BCUT2D eigenvalue weighted by Crippen LogP contribution is -2.33. The maximum Gasteiger partial charge on any atom is 0.256 e. The van der Waals surface area contributed by atoms with Gasteiger partial charge in [-0.2, -0.15) is 0 Å². The van der Waals surface area contributed by atoms with Gasteiger partial charge < -0.3 is 24.1 Å². The van der Waals surface area contributed by atoms with Crippen LogP contribution in [0.5, 0.6) is 5.75 Å². The molecule has 1 amide bonds. The number of nitrogens with one attached hydrogen (secondary N) is 1. The maximum absolute atomic E-state index is 12.7. The molecule has 0 aromatic carbocycles. The summed E-state index contributed by atoms with van der Waals surface area (Å²) < 4.78 is 17.9. The molecule has 1 saturated carbocycles. The molecule has 1 N–H and O–H groups in total. The van der Waals surface area contributed by atoms with Gasteiger partial charge in [0, 0.05) is 38.4 Å². The number of ether oxygens (including phenoxy) is 3. The fourth-order valence-corrected chi connectivity index (χ4v) is 2.81. The Balaban J connectivity index is 1.93. The Kier molecular flexibility index (Phi) is 5.52. The molecule has 1 aromatic heterocycles. The Morgan fingerprint density at radius 2 is 2.25 bits per heavy atom. The van der Waals surface area contributed by atoms with Gasteiger partial charge in [0.15, 0.2) is 0 Å². The van der Waals surface area contributed by atoms with E-state index in [2.05, 4.69) is 5.32 Å². The molecule has 24 heavy (non-hydrogen) atoms. The molecule has 2 heterocycles. The van der Waals surface area contributed by atoms with Crippen LogP contribution >= 0.6 is 0 Å². The standard InChI is InChI=1S/C17H24N2O5/c1-22-8-5-18-17(21)16-13-4-7-23-9-6-19(13)15(20)10-14(16)24-11-12-2-3-12/h10,12H,2-9,11H2,1H3,(H,18,21). The van der Waals surface area contributed by atoms with Gasteiger partial charge in [-0.3, -0.25) is 9.59 Å². The van der Waals surface area contributed by atoms with Crippen LogP contribution in [-0.2, 0) is 22.4 Å². The average molecular weight is 336 g/mol. The second kappa shape index (κ2) is 7.81. The summed E-state index contributed by atoms with van der Waals surface area (Å²) in [4.78, 5) is 25.1. The first-order chi connectivity index (χ1) is 11.7. The van der Waals surface area contributed by atoms with Crippen molar-refractivity contribution in [2.45, 2.75) is 25.8 Å². The summed E-state index contributed by atoms with van der Waals surface area (Å²) in [6, 6.07) is 1.43. The van der Waals surface area contributed by atoms with E-state index < -0.39 is 0 Å². The summed E-state index contributed by atoms with van der Waals surface area (Å²) in [6.07, 6.45) is 2.81. The van der Waals surface area contributed by atoms with Gasteiger partial charge in [-0.15, -0.1) is 0 Å². The summed E-state index contributed by atoms with van der Waals surface area (Å²) in [7, 11) is 1.59. The third kappa shape index (κ3) is 3.96. The van der Waals surface area contributed by atoms with Crippen molar-refractivity contribution in [1.82, 2.24) is 9.88 Å². The van der Waals surface area contributed by atoms with Gasteiger partial charge in [0.25, 0.3) is 11.5 Å². The molecular formula is C17H24N2O5. The average Bonchev–Trinajstić information content (AvgIpc) is 3.39. The molecule has 1 aromatic rings. The molecule has 0 saturated heterocycles. The Bertz CT molecular complexity index is 651. The highest BCUT2D eigenvalue weighted by Crippen LogP contribution is 2.31. The second-order valence-electron chi connectivity index (χ2n) is 6.19. The zero-order valence-electron chi connectivity index (χ0n) is 14.0. The first-order valence-corrected chi connectivity index (χ1v) is 8.45. The SMILES string of the molecule is COCCNC(=O)c1c(OCC2CC2)cc(=O)n2c1CCOCC2. The van der Waals surface area contributed by atoms with Crippen LogP contribution in [0.3, 0.4) is 0 Å². The van der Waals surface area contributed by atoms with Gasteiger partial charge in [0.05, 0.1) is 26.4 Å². The number of fused-ring (bicyclic) bond motifs is 1. The number of carbonyl (C=O) groups excluding carboxylic acids is 1. The number of rotatable bonds is 7. The second-order valence-corrected chi connectivity index (χ2v) is 6.19. The lowest BCUT2D eigenvalue weighted by molar-refractivity contribution is 0.0930. The zero-order chi connectivity index (χ0) is 16.9. The Hall–Kier alpha value is -1.86. The van der Waals surface area contributed by atoms with Crippen molar-refractivity contribution in [3.8, 4) is 5.75 Å². The van der Waals surface area contributed by atoms with Crippen molar-refractivity contribution in [2.75, 3.05) is 40.1 Å². The molecule has 0 bridgehead atoms. The van der Waals surface area contributed by atoms with Gasteiger partial charge in [-0.05, 0) is 18.8 Å². The van der Waals surface area contributed by atoms with Crippen molar-refractivity contribution in [3.63, 3.8) is 0 Å². The van der Waals surface area contributed by atoms with E-state index in [-0.39, 0.29) is 11.5 Å². The highest BCUT2D eigenvalue weighted by molar-refractivity contribution is 5.98. The zero-order valence-corrected chi connectivity index (χ0v) is 14.0. The first-order valence-electron chi connectivity index (χ1n) is 8.45. The maximum atomic E-state index is 12.7. The predicted molar refractivity (Wildman–Crippen MR) is 87.7 cm³/mol. The van der Waals surface area contributed by atoms with Crippen molar-refractivity contribution >= 4 is 5.91 Å². The van der Waals surface area contributed by atoms with Gasteiger partial charge in [-0.1, -0.05) is 0 Å². The van der Waals surface area contributed by atoms with E-state index in [0.717, 1.165) is 12.8 Å². The Morgan fingerprint density at radius 1 is 1.42 bits per heavy atom. The van der Waals surface area contributed by atoms with Gasteiger partial charge in [0.2, 0.25) is 0 Å². The highest BCUT2D eigenvalue weighted by atomic mass is 16.5. The number of aromatic nitrogens is 1. The topological polar surface area (TPSA) is 78.8 Å². The number of amides is 1. The number of hydrogen-bond donors (Lipinski definition) is 1. The summed E-state index contributed by atoms with van der Waals surface area (Å²) in [6.45, 7) is 2.81. The molecule has 0 spiro atoms. The van der Waals surface area contributed by atoms with Crippen LogP contribution in [0, 0.1) is 5.92 Å². The van der Waals surface area contributed by atoms with E-state index in [9.17, 15) is 9.59 Å². The quantitative estimate of drug-likeness (QED) is 0.737. The minimum absolute atomic E-state index is 0.144. The van der Waals surface area contributed by atoms with Crippen LogP contribution in [-0.4, -0.2) is 50.6 Å². The smallest absolute Gasteiger partial charge is 0.256 e. The number of pyridine rings is 1. The van der Waals surface area contributed by atoms with Crippen LogP contribution in [0.1, 0.15) is 28.9 Å². The monoisotopic (exact) mass is 336 g/mol. The van der Waals surface area contributed by atoms with E-state index in [1.54, 1.807) is 11.7 Å². The van der Waals surface area contributed by atoms with Crippen LogP contribution in [0.15, 0.2) is 10.9 Å². The van der Waals surface area contributed by atoms with E-state index in [0.29, 0.717) is 68.9 Å². The van der Waals surface area contributed by atoms with E-state index >= 15 is 0 Å². The van der Waals surface area contributed by atoms with E-state index in [1.165, 1.54) is 6.07 Å². The summed E-state index contributed by atoms with van der Waals surface area (Å²) in [5, 5.41) is 2.83. The molecular weight excluding hydrogens is 312 g/mol. The fraction of sp³-hybridized carbons (Fsp3) is 0.647. The highest BCUT2D eigenvalue weighted by Gasteiger charge is 2.26. The molecule has 2 aliphatic rings. The molecule has 1 aliphatic carbocycles. The Morgan fingerprint density at radius 3 is 3.00 bits per heavy atom. The van der Waals surface area contributed by atoms with Gasteiger partial charge in [0.1, 0.15) is 11.3 Å². The molecule has 132 valence electrons. The van der Waals surface area contributed by atoms with Crippen LogP contribution < -0.4 is 15.6 Å². The van der Waals surface area contributed by atoms with Crippen molar-refractivity contribution in [3.05, 3.63) is 27.7 Å². The van der Waals surface area contributed by atoms with Crippen LogP contribution in [0.2, 0.25) is 0 Å². The van der Waals surface area contributed by atoms with Crippen molar-refractivity contribution < 1.29 is 19.0 Å². The molecule has 0 atom stereocenters. The lowest BCUT2D eigenvalue weighted by Gasteiger charge is -2.18. The number of hydrogen-bond acceptors (Lipinski definition) is 5. The molecule has 7 heteroatoms. The molecule has 3 rings (SSSR count). The largest absolute Gasteiger partial charge is 0.492 e. The molecule has 1 fully saturated rings. The van der Waals surface area contributed by atoms with Crippen LogP contribution in [0.25, 0.3) is 0 Å². The van der Waals surface area contributed by atoms with E-state index in [1.807, 2.05) is 0 Å². The fourth-order valence-electron chi connectivity index (χ4n) is 2.81. The Labute approximate surface area is 140 Å². The number of carbonyl (C=O) groups is 1. The van der Waals surface area contributed by atoms with Crippen LogP contribution in [0.4, 0.5) is 0 Å². The normalized spacial score (nSPS) is 17.0.